The lowest BCUT2D eigenvalue weighted by atomic mass is 10.1. The first-order valence-electron chi connectivity index (χ1n) is 8.68. The Labute approximate surface area is 157 Å². The van der Waals surface area contributed by atoms with Crippen molar-refractivity contribution in [3.05, 3.63) is 71.8 Å². The van der Waals surface area contributed by atoms with Crippen molar-refractivity contribution in [3.8, 4) is 0 Å². The molecule has 0 aliphatic heterocycles. The summed E-state index contributed by atoms with van der Waals surface area (Å²) in [5.41, 5.74) is 7.82. The Morgan fingerprint density at radius 3 is 2.44 bits per heavy atom. The van der Waals surface area contributed by atoms with Gasteiger partial charge in [-0.2, -0.15) is 5.10 Å². The van der Waals surface area contributed by atoms with Gasteiger partial charge in [-0.1, -0.05) is 48.5 Å². The van der Waals surface area contributed by atoms with Crippen LogP contribution >= 0.6 is 0 Å². The third-order valence-corrected chi connectivity index (χ3v) is 4.04. The maximum Gasteiger partial charge on any atom is 0.345 e. The van der Waals surface area contributed by atoms with E-state index in [-0.39, 0.29) is 30.4 Å². The number of carbonyl (C=O) groups excluding carboxylic acids is 1. The largest absolute Gasteiger partial charge is 0.462 e. The Morgan fingerprint density at radius 1 is 1.19 bits per heavy atom. The molecule has 3 rings (SSSR count). The van der Waals surface area contributed by atoms with Crippen LogP contribution in [0.15, 0.2) is 60.7 Å². The Morgan fingerprint density at radius 2 is 1.81 bits per heavy atom. The molecule has 140 valence electrons. The number of aromatic nitrogens is 2. The van der Waals surface area contributed by atoms with E-state index in [0.717, 1.165) is 11.3 Å². The van der Waals surface area contributed by atoms with Crippen molar-refractivity contribution in [2.75, 3.05) is 17.7 Å². The van der Waals surface area contributed by atoms with Gasteiger partial charge in [-0.15, -0.1) is 0 Å². The summed E-state index contributed by atoms with van der Waals surface area (Å²) in [4.78, 5) is 12.4. The van der Waals surface area contributed by atoms with E-state index in [9.17, 15) is 9.90 Å². The quantitative estimate of drug-likeness (QED) is 0.555. The average Bonchev–Trinajstić information content (AvgIpc) is 2.98. The summed E-state index contributed by atoms with van der Waals surface area (Å²) >= 11 is 0. The SMILES string of the molecule is CCOC(=O)c1c(Nc2ccccc2)nn(CC(O)c2ccccc2)c1N. The Kier molecular flexibility index (Phi) is 5.73. The number of aliphatic hydroxyl groups excluding tert-OH is 1. The number of hydrogen-bond donors (Lipinski definition) is 3. The summed E-state index contributed by atoms with van der Waals surface area (Å²) < 4.78 is 6.53. The number of esters is 1. The van der Waals surface area contributed by atoms with Gasteiger partial charge in [-0.05, 0) is 24.6 Å². The molecule has 0 saturated carbocycles. The molecule has 1 atom stereocenters. The minimum Gasteiger partial charge on any atom is -0.462 e. The van der Waals surface area contributed by atoms with Crippen molar-refractivity contribution in [1.82, 2.24) is 9.78 Å². The predicted octanol–water partition coefficient (Wildman–Crippen LogP) is 3.12. The van der Waals surface area contributed by atoms with E-state index in [1.165, 1.54) is 4.68 Å². The van der Waals surface area contributed by atoms with Gasteiger partial charge in [0.25, 0.3) is 0 Å². The first-order chi connectivity index (χ1) is 13.1. The molecule has 0 radical (unpaired) electrons. The highest BCUT2D eigenvalue weighted by atomic mass is 16.5. The number of rotatable bonds is 7. The van der Waals surface area contributed by atoms with Gasteiger partial charge in [0.2, 0.25) is 0 Å². The molecule has 1 heterocycles. The Hall–Kier alpha value is -3.32. The van der Waals surface area contributed by atoms with Crippen LogP contribution < -0.4 is 11.1 Å². The fraction of sp³-hybridized carbons (Fsp3) is 0.200. The molecule has 0 bridgehead atoms. The van der Waals surface area contributed by atoms with E-state index in [4.69, 9.17) is 10.5 Å². The molecule has 27 heavy (non-hydrogen) atoms. The van der Waals surface area contributed by atoms with Crippen molar-refractivity contribution in [2.45, 2.75) is 19.6 Å². The van der Waals surface area contributed by atoms with Gasteiger partial charge < -0.3 is 20.9 Å². The van der Waals surface area contributed by atoms with Crippen LogP contribution in [0.1, 0.15) is 28.9 Å². The number of benzene rings is 2. The van der Waals surface area contributed by atoms with Gasteiger partial charge >= 0.3 is 5.97 Å². The van der Waals surface area contributed by atoms with Gasteiger partial charge in [0.1, 0.15) is 11.4 Å². The van der Waals surface area contributed by atoms with Crippen molar-refractivity contribution in [3.63, 3.8) is 0 Å². The van der Waals surface area contributed by atoms with E-state index in [2.05, 4.69) is 10.4 Å². The number of nitrogens with zero attached hydrogens (tertiary/aromatic N) is 2. The molecule has 7 nitrogen and oxygen atoms in total. The number of para-hydroxylation sites is 1. The van der Waals surface area contributed by atoms with E-state index in [1.54, 1.807) is 6.92 Å². The standard InChI is InChI=1S/C20H22N4O3/c1-2-27-20(26)17-18(21)24(13-16(25)14-9-5-3-6-10-14)23-19(17)22-15-11-7-4-8-12-15/h3-12,16,25H,2,13,21H2,1H3,(H,22,23). The fourth-order valence-electron chi connectivity index (χ4n) is 2.71. The lowest BCUT2D eigenvalue weighted by Gasteiger charge is -2.12. The van der Waals surface area contributed by atoms with Crippen LogP contribution in [-0.2, 0) is 11.3 Å². The van der Waals surface area contributed by atoms with Crippen LogP contribution in [0.2, 0.25) is 0 Å². The number of carbonyl (C=O) groups is 1. The summed E-state index contributed by atoms with van der Waals surface area (Å²) in [5, 5.41) is 18.0. The number of nitrogens with two attached hydrogens (primary N) is 1. The molecule has 0 amide bonds. The molecule has 0 spiro atoms. The van der Waals surface area contributed by atoms with Crippen molar-refractivity contribution >= 4 is 23.3 Å². The molecular formula is C20H22N4O3. The summed E-state index contributed by atoms with van der Waals surface area (Å²) in [7, 11) is 0. The molecule has 0 saturated heterocycles. The zero-order valence-corrected chi connectivity index (χ0v) is 15.0. The lowest BCUT2D eigenvalue weighted by Crippen LogP contribution is -2.14. The normalized spacial score (nSPS) is 11.8. The number of nitrogen functional groups attached to an aromatic ring is 1. The molecule has 0 fully saturated rings. The van der Waals surface area contributed by atoms with Crippen LogP contribution in [0.25, 0.3) is 0 Å². The van der Waals surface area contributed by atoms with Crippen molar-refractivity contribution in [2.24, 2.45) is 0 Å². The molecule has 0 aliphatic carbocycles. The summed E-state index contributed by atoms with van der Waals surface area (Å²) in [6.07, 6.45) is -0.812. The summed E-state index contributed by atoms with van der Waals surface area (Å²) in [6, 6.07) is 18.5. The second-order valence-electron chi connectivity index (χ2n) is 5.93. The molecule has 4 N–H and O–H groups in total. The monoisotopic (exact) mass is 366 g/mol. The summed E-state index contributed by atoms with van der Waals surface area (Å²) in [5.74, 6) is -0.131. The van der Waals surface area contributed by atoms with Crippen LogP contribution in [0.4, 0.5) is 17.3 Å². The fourth-order valence-corrected chi connectivity index (χ4v) is 2.71. The topological polar surface area (TPSA) is 102 Å². The Bertz CT molecular complexity index is 894. The van der Waals surface area contributed by atoms with Gasteiger partial charge in [0.05, 0.1) is 19.3 Å². The minimum absolute atomic E-state index is 0.110. The number of nitrogens with one attached hydrogen (secondary N) is 1. The van der Waals surface area contributed by atoms with Crippen LogP contribution in [0, 0.1) is 0 Å². The van der Waals surface area contributed by atoms with E-state index >= 15 is 0 Å². The second-order valence-corrected chi connectivity index (χ2v) is 5.93. The molecule has 3 aromatic rings. The van der Waals surface area contributed by atoms with Crippen molar-refractivity contribution in [1.29, 1.82) is 0 Å². The smallest absolute Gasteiger partial charge is 0.345 e. The van der Waals surface area contributed by atoms with Gasteiger partial charge in [0, 0.05) is 5.69 Å². The zero-order valence-electron chi connectivity index (χ0n) is 15.0. The minimum atomic E-state index is -0.812. The van der Waals surface area contributed by atoms with E-state index < -0.39 is 12.1 Å². The molecule has 1 unspecified atom stereocenters. The maximum absolute atomic E-state index is 12.4. The van der Waals surface area contributed by atoms with Crippen LogP contribution in [0.3, 0.4) is 0 Å². The highest BCUT2D eigenvalue weighted by Gasteiger charge is 2.25. The van der Waals surface area contributed by atoms with Crippen LogP contribution in [0.5, 0.6) is 0 Å². The van der Waals surface area contributed by atoms with Gasteiger partial charge in [-0.3, -0.25) is 0 Å². The molecule has 7 heteroatoms. The first-order valence-corrected chi connectivity index (χ1v) is 8.68. The average molecular weight is 366 g/mol. The summed E-state index contributed by atoms with van der Waals surface area (Å²) in [6.45, 7) is 2.06. The van der Waals surface area contributed by atoms with E-state index in [0.29, 0.717) is 0 Å². The van der Waals surface area contributed by atoms with E-state index in [1.807, 2.05) is 60.7 Å². The predicted molar refractivity (Wildman–Crippen MR) is 104 cm³/mol. The lowest BCUT2D eigenvalue weighted by molar-refractivity contribution is 0.0528. The Balaban J connectivity index is 1.92. The number of anilines is 3. The molecule has 2 aromatic carbocycles. The number of aliphatic hydroxyl groups is 1. The highest BCUT2D eigenvalue weighted by molar-refractivity contribution is 6.00. The zero-order chi connectivity index (χ0) is 19.2. The maximum atomic E-state index is 12.4. The number of ether oxygens (including phenoxy) is 1. The molecular weight excluding hydrogens is 344 g/mol. The van der Waals surface area contributed by atoms with Gasteiger partial charge in [-0.25, -0.2) is 9.48 Å². The second kappa shape index (κ2) is 8.37. The third kappa shape index (κ3) is 4.27. The molecule has 1 aromatic heterocycles. The van der Waals surface area contributed by atoms with Gasteiger partial charge in [0.15, 0.2) is 5.82 Å². The van der Waals surface area contributed by atoms with Crippen LogP contribution in [-0.4, -0.2) is 27.5 Å². The molecule has 0 aliphatic rings. The first kappa shape index (κ1) is 18.5. The highest BCUT2D eigenvalue weighted by Crippen LogP contribution is 2.27. The van der Waals surface area contributed by atoms with Crippen molar-refractivity contribution < 1.29 is 14.6 Å². The number of hydrogen-bond acceptors (Lipinski definition) is 6. The third-order valence-electron chi connectivity index (χ3n) is 4.04.